The molecule has 3 aliphatic rings. The molecule has 0 saturated carbocycles. The molecule has 7 heteroatoms. The van der Waals surface area contributed by atoms with Crippen LogP contribution in [0.1, 0.15) is 30.4 Å². The molecule has 1 aliphatic heterocycles. The van der Waals surface area contributed by atoms with E-state index in [1.807, 2.05) is 29.2 Å². The fraction of sp³-hybridized carbons (Fsp3) is 0.458. The van der Waals surface area contributed by atoms with E-state index in [1.54, 1.807) is 6.92 Å². The number of nitrogens with zero attached hydrogens (tertiary/aromatic N) is 1. The van der Waals surface area contributed by atoms with Crippen molar-refractivity contribution in [1.29, 1.82) is 0 Å². The van der Waals surface area contributed by atoms with Gasteiger partial charge in [-0.05, 0) is 30.9 Å². The number of hydrogen-bond donors (Lipinski definition) is 0. The van der Waals surface area contributed by atoms with Crippen molar-refractivity contribution in [3.63, 3.8) is 0 Å². The van der Waals surface area contributed by atoms with Gasteiger partial charge in [0.1, 0.15) is 0 Å². The van der Waals surface area contributed by atoms with E-state index in [0.717, 1.165) is 11.1 Å². The van der Waals surface area contributed by atoms with Crippen LogP contribution in [-0.2, 0) is 35.0 Å². The summed E-state index contributed by atoms with van der Waals surface area (Å²) in [5, 5.41) is 0. The standard InChI is InChI=1S/C24H27NO6/c1-14-19(21(27)23(30-3)22(29-2)20(14)26)18-13-16(12-15-6-4-5-7-17(15)18)24(28)25-8-10-31-11-9-25/h4-7,16,18H,8-13H2,1-3H3/t16-,18-/m0/s1. The normalized spacial score (nSPS) is 24.3. The molecule has 1 aromatic rings. The maximum Gasteiger partial charge on any atom is 0.228 e. The maximum absolute atomic E-state index is 13.4. The molecule has 0 bridgehead atoms. The predicted molar refractivity (Wildman–Crippen MR) is 112 cm³/mol. The van der Waals surface area contributed by atoms with Crippen molar-refractivity contribution in [2.45, 2.75) is 25.7 Å². The van der Waals surface area contributed by atoms with E-state index >= 15 is 0 Å². The molecule has 4 rings (SSSR count). The highest BCUT2D eigenvalue weighted by Gasteiger charge is 2.42. The smallest absolute Gasteiger partial charge is 0.228 e. The third-order valence-corrected chi connectivity index (χ3v) is 6.45. The predicted octanol–water partition coefficient (Wildman–Crippen LogP) is 2.16. The monoisotopic (exact) mass is 425 g/mol. The number of ketones is 2. The fourth-order valence-electron chi connectivity index (χ4n) is 4.91. The Morgan fingerprint density at radius 2 is 1.68 bits per heavy atom. The van der Waals surface area contributed by atoms with Crippen LogP contribution in [0.25, 0.3) is 0 Å². The van der Waals surface area contributed by atoms with Crippen LogP contribution < -0.4 is 0 Å². The molecule has 0 radical (unpaired) electrons. The van der Waals surface area contributed by atoms with Gasteiger partial charge >= 0.3 is 0 Å². The summed E-state index contributed by atoms with van der Waals surface area (Å²) in [6, 6.07) is 7.85. The summed E-state index contributed by atoms with van der Waals surface area (Å²) in [7, 11) is 2.71. The van der Waals surface area contributed by atoms with E-state index in [4.69, 9.17) is 14.2 Å². The number of carbonyl (C=O) groups excluding carboxylic acids is 3. The van der Waals surface area contributed by atoms with Gasteiger partial charge in [0.15, 0.2) is 0 Å². The lowest BCUT2D eigenvalue weighted by Gasteiger charge is -2.37. The van der Waals surface area contributed by atoms with Gasteiger partial charge in [0.2, 0.25) is 29.0 Å². The molecule has 1 heterocycles. The van der Waals surface area contributed by atoms with Crippen LogP contribution in [0.3, 0.4) is 0 Å². The summed E-state index contributed by atoms with van der Waals surface area (Å²) in [6.07, 6.45) is 1.09. The molecule has 164 valence electrons. The molecule has 0 N–H and O–H groups in total. The Kier molecular flexibility index (Phi) is 5.96. The number of ether oxygens (including phenoxy) is 3. The number of Topliss-reactive ketones (excluding diaryl/α,β-unsaturated/α-hetero) is 2. The van der Waals surface area contributed by atoms with Gasteiger partial charge in [0, 0.05) is 36.1 Å². The molecule has 7 nitrogen and oxygen atoms in total. The summed E-state index contributed by atoms with van der Waals surface area (Å²) in [5.74, 6) is -1.40. The average Bonchev–Trinajstić information content (AvgIpc) is 2.81. The second-order valence-corrected chi connectivity index (χ2v) is 8.09. The number of morpholine rings is 1. The molecule has 31 heavy (non-hydrogen) atoms. The first-order valence-electron chi connectivity index (χ1n) is 10.5. The van der Waals surface area contributed by atoms with E-state index in [9.17, 15) is 14.4 Å². The highest BCUT2D eigenvalue weighted by Crippen LogP contribution is 2.44. The zero-order valence-electron chi connectivity index (χ0n) is 18.1. The minimum atomic E-state index is -0.361. The van der Waals surface area contributed by atoms with Crippen molar-refractivity contribution in [3.05, 3.63) is 58.1 Å². The van der Waals surface area contributed by atoms with Crippen molar-refractivity contribution in [2.24, 2.45) is 5.92 Å². The Labute approximate surface area is 181 Å². The van der Waals surface area contributed by atoms with Gasteiger partial charge in [-0.2, -0.15) is 0 Å². The van der Waals surface area contributed by atoms with Gasteiger partial charge in [-0.1, -0.05) is 24.3 Å². The fourth-order valence-corrected chi connectivity index (χ4v) is 4.91. The van der Waals surface area contributed by atoms with Gasteiger partial charge in [0.05, 0.1) is 27.4 Å². The van der Waals surface area contributed by atoms with Crippen molar-refractivity contribution in [1.82, 2.24) is 4.90 Å². The highest BCUT2D eigenvalue weighted by atomic mass is 16.5. The Balaban J connectivity index is 1.74. The number of carbonyl (C=O) groups is 3. The highest BCUT2D eigenvalue weighted by molar-refractivity contribution is 6.24. The quantitative estimate of drug-likeness (QED) is 0.688. The lowest BCUT2D eigenvalue weighted by atomic mass is 9.70. The van der Waals surface area contributed by atoms with Crippen LogP contribution in [0, 0.1) is 5.92 Å². The van der Waals surface area contributed by atoms with Crippen molar-refractivity contribution in [3.8, 4) is 0 Å². The third kappa shape index (κ3) is 3.67. The zero-order chi connectivity index (χ0) is 22.1. The first-order chi connectivity index (χ1) is 15.0. The lowest BCUT2D eigenvalue weighted by molar-refractivity contribution is -0.140. The Morgan fingerprint density at radius 1 is 1.03 bits per heavy atom. The van der Waals surface area contributed by atoms with Crippen LogP contribution in [-0.4, -0.2) is 62.9 Å². The van der Waals surface area contributed by atoms with E-state index in [0.29, 0.717) is 50.3 Å². The maximum atomic E-state index is 13.4. The number of fused-ring (bicyclic) bond motifs is 1. The van der Waals surface area contributed by atoms with E-state index in [1.165, 1.54) is 14.2 Å². The topological polar surface area (TPSA) is 82.1 Å². The van der Waals surface area contributed by atoms with E-state index in [-0.39, 0.29) is 40.8 Å². The second kappa shape index (κ2) is 8.67. The van der Waals surface area contributed by atoms with Crippen LogP contribution in [0.5, 0.6) is 0 Å². The molecule has 2 aliphatic carbocycles. The molecule has 1 aromatic carbocycles. The van der Waals surface area contributed by atoms with Crippen molar-refractivity contribution in [2.75, 3.05) is 40.5 Å². The van der Waals surface area contributed by atoms with Crippen molar-refractivity contribution < 1.29 is 28.6 Å². The molecule has 0 spiro atoms. The van der Waals surface area contributed by atoms with Crippen molar-refractivity contribution >= 4 is 17.5 Å². The van der Waals surface area contributed by atoms with Crippen LogP contribution in [0.15, 0.2) is 46.9 Å². The van der Waals surface area contributed by atoms with Gasteiger partial charge < -0.3 is 19.1 Å². The third-order valence-electron chi connectivity index (χ3n) is 6.45. The number of hydrogen-bond acceptors (Lipinski definition) is 6. The van der Waals surface area contributed by atoms with Gasteiger partial charge in [-0.25, -0.2) is 0 Å². The minimum Gasteiger partial charge on any atom is -0.489 e. The van der Waals surface area contributed by atoms with Gasteiger partial charge in [-0.15, -0.1) is 0 Å². The Bertz CT molecular complexity index is 986. The van der Waals surface area contributed by atoms with Gasteiger partial charge in [0.25, 0.3) is 0 Å². The zero-order valence-corrected chi connectivity index (χ0v) is 18.1. The molecule has 2 atom stereocenters. The Morgan fingerprint density at radius 3 is 2.35 bits per heavy atom. The summed E-state index contributed by atoms with van der Waals surface area (Å²) in [5.41, 5.74) is 2.77. The van der Waals surface area contributed by atoms with E-state index < -0.39 is 0 Å². The number of methoxy groups -OCH3 is 2. The summed E-state index contributed by atoms with van der Waals surface area (Å²) >= 11 is 0. The molecule has 0 aromatic heterocycles. The molecular weight excluding hydrogens is 398 g/mol. The minimum absolute atomic E-state index is 0.0706. The summed E-state index contributed by atoms with van der Waals surface area (Å²) in [6.45, 7) is 3.88. The van der Waals surface area contributed by atoms with Gasteiger partial charge in [-0.3, -0.25) is 14.4 Å². The number of amides is 1. The first kappa shape index (κ1) is 21.3. The van der Waals surface area contributed by atoms with Crippen LogP contribution in [0.2, 0.25) is 0 Å². The first-order valence-corrected chi connectivity index (χ1v) is 10.5. The van der Waals surface area contributed by atoms with Crippen LogP contribution >= 0.6 is 0 Å². The number of allylic oxidation sites excluding steroid dienone is 2. The molecule has 1 saturated heterocycles. The molecule has 1 amide bonds. The average molecular weight is 425 g/mol. The lowest BCUT2D eigenvalue weighted by Crippen LogP contribution is -2.45. The summed E-state index contributed by atoms with van der Waals surface area (Å²) < 4.78 is 15.8. The van der Waals surface area contributed by atoms with Crippen LogP contribution in [0.4, 0.5) is 0 Å². The molecule has 0 unspecified atom stereocenters. The number of rotatable bonds is 4. The molecule has 1 fully saturated rings. The second-order valence-electron chi connectivity index (χ2n) is 8.09. The Hall–Kier alpha value is -2.93. The molecular formula is C24H27NO6. The van der Waals surface area contributed by atoms with E-state index in [2.05, 4.69) is 0 Å². The number of benzene rings is 1. The summed E-state index contributed by atoms with van der Waals surface area (Å²) in [4.78, 5) is 41.5. The SMILES string of the molecule is COC1=C(OC)C(=O)C([C@H]2C[C@@H](C(=O)N3CCOCC3)Cc3ccccc32)=C(C)C1=O. The largest absolute Gasteiger partial charge is 0.489 e.